The molecule has 3 heterocycles. The zero-order valence-corrected chi connectivity index (χ0v) is 19.4. The molecule has 12 heteroatoms. The largest absolute Gasteiger partial charge is 0.376 e. The van der Waals surface area contributed by atoms with Crippen molar-refractivity contribution in [2.75, 3.05) is 50.4 Å². The van der Waals surface area contributed by atoms with Gasteiger partial charge in [-0.15, -0.1) is 10.2 Å². The molecule has 0 radical (unpaired) electrons. The Kier molecular flexibility index (Phi) is 7.43. The van der Waals surface area contributed by atoms with Gasteiger partial charge in [-0.05, 0) is 25.0 Å². The molecule has 0 unspecified atom stereocenters. The molecule has 2 aromatic rings. The molecular weight excluding hydrogens is 458 g/mol. The summed E-state index contributed by atoms with van der Waals surface area (Å²) in [5, 5.41) is 12.2. The third kappa shape index (κ3) is 5.75. The van der Waals surface area contributed by atoms with Gasteiger partial charge in [0, 0.05) is 39.3 Å². The molecule has 1 aromatic heterocycles. The number of hydrogen-bond donors (Lipinski definition) is 1. The van der Waals surface area contributed by atoms with E-state index in [-0.39, 0.29) is 22.7 Å². The Labute approximate surface area is 190 Å². The van der Waals surface area contributed by atoms with E-state index in [1.807, 2.05) is 0 Å². The van der Waals surface area contributed by atoms with Gasteiger partial charge in [-0.1, -0.05) is 41.3 Å². The van der Waals surface area contributed by atoms with Crippen LogP contribution in [0.15, 0.2) is 39.6 Å². The van der Waals surface area contributed by atoms with E-state index in [2.05, 4.69) is 15.5 Å². The van der Waals surface area contributed by atoms with Gasteiger partial charge in [-0.25, -0.2) is 8.42 Å². The maximum atomic E-state index is 12.7. The highest BCUT2D eigenvalue weighted by Crippen LogP contribution is 2.26. The van der Waals surface area contributed by atoms with Crippen molar-refractivity contribution in [2.45, 2.75) is 28.2 Å². The van der Waals surface area contributed by atoms with Gasteiger partial charge < -0.3 is 15.0 Å². The van der Waals surface area contributed by atoms with E-state index < -0.39 is 10.0 Å². The number of ether oxygens (including phenoxy) is 1. The molecule has 2 saturated heterocycles. The summed E-state index contributed by atoms with van der Waals surface area (Å²) in [5.41, 5.74) is 0. The van der Waals surface area contributed by atoms with Crippen LogP contribution in [0.4, 0.5) is 5.13 Å². The van der Waals surface area contributed by atoms with Gasteiger partial charge in [0.25, 0.3) is 0 Å². The summed E-state index contributed by atoms with van der Waals surface area (Å²) in [6.45, 7) is 2.89. The lowest BCUT2D eigenvalue weighted by molar-refractivity contribution is -0.129. The number of carbonyl (C=O) groups excluding carboxylic acids is 1. The summed E-state index contributed by atoms with van der Waals surface area (Å²) >= 11 is 2.78. The maximum absolute atomic E-state index is 12.7. The smallest absolute Gasteiger partial charge is 0.243 e. The molecule has 1 amide bonds. The molecule has 0 saturated carbocycles. The molecule has 1 atom stereocenters. The third-order valence-electron chi connectivity index (χ3n) is 5.20. The number of carbonyl (C=O) groups is 1. The Balaban J connectivity index is 1.21. The highest BCUT2D eigenvalue weighted by atomic mass is 32.2. The molecule has 2 aliphatic rings. The monoisotopic (exact) mass is 483 g/mol. The molecule has 0 spiro atoms. The summed E-state index contributed by atoms with van der Waals surface area (Å²) in [5.74, 6) is 0.233. The first-order chi connectivity index (χ1) is 15.0. The first kappa shape index (κ1) is 22.5. The molecule has 2 aliphatic heterocycles. The number of nitrogens with one attached hydrogen (secondary N) is 1. The lowest BCUT2D eigenvalue weighted by Gasteiger charge is -2.34. The fourth-order valence-corrected chi connectivity index (χ4v) is 6.58. The van der Waals surface area contributed by atoms with Crippen LogP contribution < -0.4 is 5.32 Å². The number of thioether (sulfide) groups is 1. The summed E-state index contributed by atoms with van der Waals surface area (Å²) in [4.78, 5) is 14.6. The summed E-state index contributed by atoms with van der Waals surface area (Å²) in [7, 11) is -3.52. The number of piperazine rings is 1. The van der Waals surface area contributed by atoms with Gasteiger partial charge in [0.2, 0.25) is 21.1 Å². The molecular formula is C19H25N5O4S3. The van der Waals surface area contributed by atoms with Crippen LogP contribution in [0.2, 0.25) is 0 Å². The zero-order valence-electron chi connectivity index (χ0n) is 17.0. The first-order valence-corrected chi connectivity index (χ1v) is 13.4. The fraction of sp³-hybridized carbons (Fsp3) is 0.526. The standard InChI is InChI=1S/C19H25N5O4S3/c25-17(14-29-19-22-21-18(30-19)20-13-15-5-4-12-28-15)23-8-10-24(11-9-23)31(26,27)16-6-2-1-3-7-16/h1-3,6-7,15H,4-5,8-14H2,(H,20,21)/t15-/m1/s1. The predicted octanol–water partition coefficient (Wildman–Crippen LogP) is 1.75. The average Bonchev–Trinajstić information content (AvgIpc) is 3.49. The molecule has 1 aromatic carbocycles. The normalized spacial score (nSPS) is 20.1. The summed E-state index contributed by atoms with van der Waals surface area (Å²) in [6.07, 6.45) is 2.38. The minimum atomic E-state index is -3.52. The highest BCUT2D eigenvalue weighted by molar-refractivity contribution is 8.01. The number of rotatable bonds is 8. The van der Waals surface area contributed by atoms with Crippen LogP contribution in [0.5, 0.6) is 0 Å². The number of nitrogens with zero attached hydrogens (tertiary/aromatic N) is 4. The van der Waals surface area contributed by atoms with Gasteiger partial charge in [-0.2, -0.15) is 4.31 Å². The van der Waals surface area contributed by atoms with Crippen LogP contribution in [-0.4, -0.2) is 84.9 Å². The highest BCUT2D eigenvalue weighted by Gasteiger charge is 2.30. The molecule has 4 rings (SSSR count). The molecule has 0 aliphatic carbocycles. The average molecular weight is 484 g/mol. The van der Waals surface area contributed by atoms with E-state index in [0.717, 1.165) is 28.9 Å². The van der Waals surface area contributed by atoms with E-state index in [9.17, 15) is 13.2 Å². The van der Waals surface area contributed by atoms with Crippen molar-refractivity contribution in [3.05, 3.63) is 30.3 Å². The second-order valence-electron chi connectivity index (χ2n) is 7.28. The minimum Gasteiger partial charge on any atom is -0.376 e. The Morgan fingerprint density at radius 2 is 1.97 bits per heavy atom. The fourth-order valence-electron chi connectivity index (χ4n) is 3.48. The van der Waals surface area contributed by atoms with Crippen LogP contribution in [-0.2, 0) is 19.6 Å². The molecule has 0 bridgehead atoms. The van der Waals surface area contributed by atoms with Crippen LogP contribution in [0.1, 0.15) is 12.8 Å². The Bertz CT molecular complexity index is 971. The van der Waals surface area contributed by atoms with Gasteiger partial charge in [0.15, 0.2) is 4.34 Å². The first-order valence-electron chi connectivity index (χ1n) is 10.2. The number of amides is 1. The molecule has 2 fully saturated rings. The summed E-state index contributed by atoms with van der Waals surface area (Å²) < 4.78 is 33.2. The molecule has 31 heavy (non-hydrogen) atoms. The van der Waals surface area contributed by atoms with Crippen molar-refractivity contribution in [3.8, 4) is 0 Å². The SMILES string of the molecule is O=C(CSc1nnc(NC[C@H]2CCCO2)s1)N1CCN(S(=O)(=O)c2ccccc2)CC1. The Morgan fingerprint density at radius 1 is 1.19 bits per heavy atom. The quantitative estimate of drug-likeness (QED) is 0.567. The Hall–Kier alpha value is -1.73. The van der Waals surface area contributed by atoms with E-state index >= 15 is 0 Å². The van der Waals surface area contributed by atoms with Crippen LogP contribution in [0.3, 0.4) is 0 Å². The number of aromatic nitrogens is 2. The van der Waals surface area contributed by atoms with Gasteiger partial charge in [0.1, 0.15) is 0 Å². The zero-order chi connectivity index (χ0) is 21.7. The molecule has 168 valence electrons. The van der Waals surface area contributed by atoms with Crippen molar-refractivity contribution < 1.29 is 17.9 Å². The second kappa shape index (κ2) is 10.3. The Morgan fingerprint density at radius 3 is 2.68 bits per heavy atom. The van der Waals surface area contributed by atoms with Gasteiger partial charge in [-0.3, -0.25) is 4.79 Å². The summed E-state index contributed by atoms with van der Waals surface area (Å²) in [6, 6.07) is 8.39. The van der Waals surface area contributed by atoms with Crippen molar-refractivity contribution in [1.82, 2.24) is 19.4 Å². The van der Waals surface area contributed by atoms with Crippen LogP contribution in [0, 0.1) is 0 Å². The van der Waals surface area contributed by atoms with E-state index in [4.69, 9.17) is 4.74 Å². The van der Waals surface area contributed by atoms with E-state index in [1.165, 1.54) is 27.4 Å². The van der Waals surface area contributed by atoms with Crippen LogP contribution in [0.25, 0.3) is 0 Å². The molecule has 9 nitrogen and oxygen atoms in total. The van der Waals surface area contributed by atoms with Crippen LogP contribution >= 0.6 is 23.1 Å². The lowest BCUT2D eigenvalue weighted by atomic mass is 10.2. The second-order valence-corrected chi connectivity index (χ2v) is 11.4. The third-order valence-corrected chi connectivity index (χ3v) is 9.11. The number of benzene rings is 1. The van der Waals surface area contributed by atoms with Crippen molar-refractivity contribution in [1.29, 1.82) is 0 Å². The topological polar surface area (TPSA) is 105 Å². The predicted molar refractivity (Wildman–Crippen MR) is 120 cm³/mol. The van der Waals surface area contributed by atoms with Crippen molar-refractivity contribution >= 4 is 44.2 Å². The van der Waals surface area contributed by atoms with Gasteiger partial charge in [0.05, 0.1) is 16.8 Å². The van der Waals surface area contributed by atoms with Gasteiger partial charge >= 0.3 is 0 Å². The van der Waals surface area contributed by atoms with E-state index in [1.54, 1.807) is 35.2 Å². The minimum absolute atomic E-state index is 0.0224. The number of anilines is 1. The lowest BCUT2D eigenvalue weighted by Crippen LogP contribution is -2.50. The number of sulfonamides is 1. The number of hydrogen-bond acceptors (Lipinski definition) is 9. The maximum Gasteiger partial charge on any atom is 0.243 e. The van der Waals surface area contributed by atoms with E-state index in [0.29, 0.717) is 32.7 Å². The molecule has 1 N–H and O–H groups in total. The van der Waals surface area contributed by atoms with Crippen molar-refractivity contribution in [3.63, 3.8) is 0 Å². The van der Waals surface area contributed by atoms with Crippen molar-refractivity contribution in [2.24, 2.45) is 0 Å².